The predicted octanol–water partition coefficient (Wildman–Crippen LogP) is 2.66. The van der Waals surface area contributed by atoms with Crippen LogP contribution in [0, 0.1) is 11.3 Å². The summed E-state index contributed by atoms with van der Waals surface area (Å²) in [6, 6.07) is 8.27. The summed E-state index contributed by atoms with van der Waals surface area (Å²) in [4.78, 5) is 14.2. The Hall–Kier alpha value is -2.02. The minimum Gasteiger partial charge on any atom is -0.495 e. The van der Waals surface area contributed by atoms with Crippen molar-refractivity contribution in [2.75, 3.05) is 12.0 Å². The van der Waals surface area contributed by atoms with Gasteiger partial charge in [0.2, 0.25) is 0 Å². The zero-order chi connectivity index (χ0) is 14.1. The molecule has 2 aliphatic heterocycles. The minimum absolute atomic E-state index is 0.289. The van der Waals surface area contributed by atoms with Crippen molar-refractivity contribution in [3.05, 3.63) is 23.8 Å². The Bertz CT molecular complexity index is 560. The molecule has 2 unspecified atom stereocenters. The van der Waals surface area contributed by atoms with Gasteiger partial charge in [-0.25, -0.2) is 0 Å². The highest BCUT2D eigenvalue weighted by Crippen LogP contribution is 2.40. The number of Topliss-reactive ketones (excluding diaryl/α,β-unsaturated/α-hetero) is 1. The van der Waals surface area contributed by atoms with Crippen LogP contribution in [0.5, 0.6) is 5.75 Å². The Morgan fingerprint density at radius 2 is 2.00 bits per heavy atom. The molecule has 0 saturated carbocycles. The van der Waals surface area contributed by atoms with E-state index in [0.717, 1.165) is 24.3 Å². The first-order valence-electron chi connectivity index (χ1n) is 7.11. The summed E-state index contributed by atoms with van der Waals surface area (Å²) in [5, 5.41) is 8.99. The number of hydrogen-bond donors (Lipinski definition) is 0. The normalized spacial score (nSPS) is 25.2. The van der Waals surface area contributed by atoms with Gasteiger partial charge < -0.3 is 9.64 Å². The second-order valence-corrected chi connectivity index (χ2v) is 5.59. The van der Waals surface area contributed by atoms with Crippen molar-refractivity contribution in [3.8, 4) is 11.8 Å². The predicted molar refractivity (Wildman–Crippen MR) is 75.9 cm³/mol. The molecule has 2 fully saturated rings. The molecule has 0 aliphatic carbocycles. The molecule has 4 nitrogen and oxygen atoms in total. The van der Waals surface area contributed by atoms with Crippen molar-refractivity contribution in [2.45, 2.75) is 44.2 Å². The highest BCUT2D eigenvalue weighted by atomic mass is 16.5. The van der Waals surface area contributed by atoms with E-state index in [9.17, 15) is 4.79 Å². The molecule has 1 aromatic carbocycles. The summed E-state index contributed by atoms with van der Waals surface area (Å²) < 4.78 is 5.46. The van der Waals surface area contributed by atoms with E-state index in [1.165, 1.54) is 6.42 Å². The molecule has 0 spiro atoms. The van der Waals surface area contributed by atoms with Crippen molar-refractivity contribution in [1.82, 2.24) is 0 Å². The molecule has 104 valence electrons. The van der Waals surface area contributed by atoms with Crippen LogP contribution < -0.4 is 9.64 Å². The third-order valence-electron chi connectivity index (χ3n) is 4.38. The van der Waals surface area contributed by atoms with Gasteiger partial charge in [0.15, 0.2) is 0 Å². The molecule has 2 saturated heterocycles. The van der Waals surface area contributed by atoms with E-state index >= 15 is 0 Å². The summed E-state index contributed by atoms with van der Waals surface area (Å²) in [7, 11) is 1.63. The maximum atomic E-state index is 11.8. The van der Waals surface area contributed by atoms with Gasteiger partial charge in [-0.1, -0.05) is 0 Å². The zero-order valence-electron chi connectivity index (χ0n) is 11.6. The van der Waals surface area contributed by atoms with Crippen LogP contribution in [0.3, 0.4) is 0 Å². The first-order valence-corrected chi connectivity index (χ1v) is 7.11. The molecule has 0 N–H and O–H groups in total. The van der Waals surface area contributed by atoms with Gasteiger partial charge in [0, 0.05) is 31.0 Å². The molecule has 2 aliphatic rings. The molecular formula is C16H18N2O2. The Kier molecular flexibility index (Phi) is 3.35. The number of benzene rings is 1. The smallest absolute Gasteiger partial charge is 0.143 e. The molecule has 2 bridgehead atoms. The van der Waals surface area contributed by atoms with E-state index in [2.05, 4.69) is 11.0 Å². The van der Waals surface area contributed by atoms with Crippen molar-refractivity contribution in [3.63, 3.8) is 0 Å². The van der Waals surface area contributed by atoms with E-state index < -0.39 is 0 Å². The summed E-state index contributed by atoms with van der Waals surface area (Å²) >= 11 is 0. The Morgan fingerprint density at radius 1 is 1.30 bits per heavy atom. The van der Waals surface area contributed by atoms with Gasteiger partial charge >= 0.3 is 0 Å². The number of ether oxygens (including phenoxy) is 1. The number of carbonyl (C=O) groups excluding carboxylic acids is 1. The van der Waals surface area contributed by atoms with Crippen LogP contribution in [-0.2, 0) is 4.79 Å². The third-order valence-corrected chi connectivity index (χ3v) is 4.38. The van der Waals surface area contributed by atoms with Crippen LogP contribution in [0.2, 0.25) is 0 Å². The third kappa shape index (κ3) is 2.14. The van der Waals surface area contributed by atoms with Gasteiger partial charge in [0.05, 0.1) is 24.4 Å². The molecule has 0 radical (unpaired) electrons. The molecule has 3 rings (SSSR count). The van der Waals surface area contributed by atoms with Crippen molar-refractivity contribution >= 4 is 11.5 Å². The monoisotopic (exact) mass is 270 g/mol. The van der Waals surface area contributed by atoms with E-state index in [-0.39, 0.29) is 12.1 Å². The fourth-order valence-electron chi connectivity index (χ4n) is 3.53. The van der Waals surface area contributed by atoms with Crippen molar-refractivity contribution in [2.24, 2.45) is 0 Å². The SMILES string of the molecule is COc1cc(C#N)ccc1N1C2CCCC1CC(=O)C2. The highest BCUT2D eigenvalue weighted by molar-refractivity contribution is 5.83. The maximum Gasteiger partial charge on any atom is 0.143 e. The van der Waals surface area contributed by atoms with Gasteiger partial charge in [-0.3, -0.25) is 4.79 Å². The van der Waals surface area contributed by atoms with Gasteiger partial charge in [0.25, 0.3) is 0 Å². The van der Waals surface area contributed by atoms with Crippen LogP contribution in [0.25, 0.3) is 0 Å². The summed E-state index contributed by atoms with van der Waals surface area (Å²) in [6.07, 6.45) is 4.59. The van der Waals surface area contributed by atoms with Crippen molar-refractivity contribution in [1.29, 1.82) is 5.26 Å². The molecule has 20 heavy (non-hydrogen) atoms. The Morgan fingerprint density at radius 3 is 2.60 bits per heavy atom. The number of methoxy groups -OCH3 is 1. The molecule has 2 atom stereocenters. The number of hydrogen-bond acceptors (Lipinski definition) is 4. The number of nitrogens with zero attached hydrogens (tertiary/aromatic N) is 2. The van der Waals surface area contributed by atoms with Crippen LogP contribution in [-0.4, -0.2) is 25.0 Å². The lowest BCUT2D eigenvalue weighted by Gasteiger charge is -2.47. The summed E-state index contributed by atoms with van der Waals surface area (Å²) in [6.45, 7) is 0. The average Bonchev–Trinajstić information content (AvgIpc) is 2.45. The first-order chi connectivity index (χ1) is 9.72. The second-order valence-electron chi connectivity index (χ2n) is 5.59. The maximum absolute atomic E-state index is 11.8. The number of anilines is 1. The highest BCUT2D eigenvalue weighted by Gasteiger charge is 2.38. The van der Waals surface area contributed by atoms with Crippen molar-refractivity contribution < 1.29 is 9.53 Å². The lowest BCUT2D eigenvalue weighted by molar-refractivity contribution is -0.121. The fourth-order valence-corrected chi connectivity index (χ4v) is 3.53. The van der Waals surface area contributed by atoms with E-state index in [1.54, 1.807) is 13.2 Å². The lowest BCUT2D eigenvalue weighted by atomic mass is 9.83. The second kappa shape index (κ2) is 5.16. The Labute approximate surface area is 118 Å². The van der Waals surface area contributed by atoms with Crippen LogP contribution in [0.4, 0.5) is 5.69 Å². The molecule has 1 aromatic rings. The minimum atomic E-state index is 0.289. The van der Waals surface area contributed by atoms with Gasteiger partial charge in [-0.2, -0.15) is 5.26 Å². The molecule has 0 amide bonds. The number of fused-ring (bicyclic) bond motifs is 2. The first kappa shape index (κ1) is 13.0. The van der Waals surface area contributed by atoms with Crippen LogP contribution in [0.1, 0.15) is 37.7 Å². The quantitative estimate of drug-likeness (QED) is 0.829. The van der Waals surface area contributed by atoms with Crippen LogP contribution >= 0.6 is 0 Å². The lowest BCUT2D eigenvalue weighted by Crippen LogP contribution is -2.52. The number of ketones is 1. The number of piperidine rings is 2. The van der Waals surface area contributed by atoms with Gasteiger partial charge in [0.1, 0.15) is 11.5 Å². The van der Waals surface area contributed by atoms with Crippen LogP contribution in [0.15, 0.2) is 18.2 Å². The average molecular weight is 270 g/mol. The number of carbonyl (C=O) groups is 1. The standard InChI is InChI=1S/C16H18N2O2/c1-20-16-7-11(10-17)5-6-15(16)18-12-3-2-4-13(18)9-14(19)8-12/h5-7,12-13H,2-4,8-9H2,1H3. The summed E-state index contributed by atoms with van der Waals surface area (Å²) in [5.74, 6) is 1.11. The molecule has 2 heterocycles. The largest absolute Gasteiger partial charge is 0.495 e. The van der Waals surface area contributed by atoms with Gasteiger partial charge in [-0.15, -0.1) is 0 Å². The number of rotatable bonds is 2. The van der Waals surface area contributed by atoms with Gasteiger partial charge in [-0.05, 0) is 31.4 Å². The topological polar surface area (TPSA) is 53.3 Å². The molecule has 0 aromatic heterocycles. The Balaban J connectivity index is 2.00. The van der Waals surface area contributed by atoms with E-state index in [1.807, 2.05) is 12.1 Å². The van der Waals surface area contributed by atoms with E-state index in [0.29, 0.717) is 24.2 Å². The molecule has 4 heteroatoms. The zero-order valence-corrected chi connectivity index (χ0v) is 11.6. The fraction of sp³-hybridized carbons (Fsp3) is 0.500. The summed E-state index contributed by atoms with van der Waals surface area (Å²) in [5.41, 5.74) is 1.62. The van der Waals surface area contributed by atoms with E-state index in [4.69, 9.17) is 10.00 Å². The number of nitriles is 1. The molecular weight excluding hydrogens is 252 g/mol.